The average Bonchev–Trinajstić information content (AvgIpc) is 3.18. The molecule has 0 saturated heterocycles. The highest BCUT2D eigenvalue weighted by molar-refractivity contribution is 6.09. The van der Waals surface area contributed by atoms with E-state index in [-0.39, 0.29) is 5.41 Å². The second kappa shape index (κ2) is 12.1. The summed E-state index contributed by atoms with van der Waals surface area (Å²) >= 11 is 0. The molecule has 0 N–H and O–H groups in total. The van der Waals surface area contributed by atoms with Gasteiger partial charge < -0.3 is 4.90 Å². The molecule has 8 aromatic carbocycles. The van der Waals surface area contributed by atoms with E-state index in [9.17, 15) is 0 Å². The maximum absolute atomic E-state index is 2.42. The monoisotopic (exact) mass is 639 g/mol. The molecular weight excluding hydrogens is 603 g/mol. The van der Waals surface area contributed by atoms with Gasteiger partial charge in [-0.2, -0.15) is 0 Å². The quantitative estimate of drug-likeness (QED) is 0.175. The maximum atomic E-state index is 2.42. The van der Waals surface area contributed by atoms with Crippen LogP contribution in [-0.4, -0.2) is 0 Å². The molecule has 0 saturated carbocycles. The zero-order valence-electron chi connectivity index (χ0n) is 28.3. The van der Waals surface area contributed by atoms with Crippen molar-refractivity contribution in [1.29, 1.82) is 0 Å². The third-order valence-electron chi connectivity index (χ3n) is 10.5. The second-order valence-corrected chi connectivity index (χ2v) is 13.8. The van der Waals surface area contributed by atoms with Crippen LogP contribution in [0.3, 0.4) is 0 Å². The molecular formula is C49H37N. The Kier molecular flexibility index (Phi) is 7.21. The van der Waals surface area contributed by atoms with Crippen molar-refractivity contribution in [3.05, 3.63) is 199 Å². The number of hydrogen-bond acceptors (Lipinski definition) is 1. The molecule has 0 amide bonds. The molecule has 0 aliphatic heterocycles. The smallest absolute Gasteiger partial charge is 0.0462 e. The molecule has 0 spiro atoms. The van der Waals surface area contributed by atoms with E-state index in [0.717, 1.165) is 17.1 Å². The van der Waals surface area contributed by atoms with Crippen LogP contribution in [0.2, 0.25) is 0 Å². The SMILES string of the molecule is CC1(C)c2cc(-c3ccccc3)ccc2-c2c(-c3ccc(-c4ccc(N(c5ccccc5)c5ccccc5)cc4)cc3)ccc3cccc1c23. The van der Waals surface area contributed by atoms with Gasteiger partial charge in [0.15, 0.2) is 0 Å². The molecule has 0 bridgehead atoms. The number of fused-ring (bicyclic) bond motifs is 2. The van der Waals surface area contributed by atoms with Crippen molar-refractivity contribution in [2.75, 3.05) is 4.90 Å². The van der Waals surface area contributed by atoms with Gasteiger partial charge in [0.1, 0.15) is 0 Å². The number of benzene rings is 8. The van der Waals surface area contributed by atoms with Crippen LogP contribution in [0.4, 0.5) is 17.1 Å². The van der Waals surface area contributed by atoms with E-state index >= 15 is 0 Å². The van der Waals surface area contributed by atoms with Crippen LogP contribution in [0.1, 0.15) is 25.0 Å². The molecule has 0 aromatic heterocycles. The summed E-state index contributed by atoms with van der Waals surface area (Å²) in [4.78, 5) is 2.30. The van der Waals surface area contributed by atoms with Gasteiger partial charge in [-0.1, -0.05) is 159 Å². The number of nitrogens with zero attached hydrogens (tertiary/aromatic N) is 1. The topological polar surface area (TPSA) is 3.24 Å². The van der Waals surface area contributed by atoms with Crippen molar-refractivity contribution in [2.24, 2.45) is 0 Å². The molecule has 1 heteroatoms. The zero-order valence-corrected chi connectivity index (χ0v) is 28.3. The Morgan fingerprint density at radius 3 is 1.50 bits per heavy atom. The summed E-state index contributed by atoms with van der Waals surface area (Å²) in [5.74, 6) is 0. The molecule has 50 heavy (non-hydrogen) atoms. The van der Waals surface area contributed by atoms with Crippen molar-refractivity contribution >= 4 is 27.8 Å². The van der Waals surface area contributed by atoms with Crippen LogP contribution in [0.25, 0.3) is 55.3 Å². The van der Waals surface area contributed by atoms with Crippen molar-refractivity contribution < 1.29 is 0 Å². The fourth-order valence-electron chi connectivity index (χ4n) is 7.90. The number of anilines is 3. The predicted octanol–water partition coefficient (Wildman–Crippen LogP) is 13.6. The summed E-state index contributed by atoms with van der Waals surface area (Å²) in [7, 11) is 0. The van der Waals surface area contributed by atoms with E-state index in [1.807, 2.05) is 0 Å². The second-order valence-electron chi connectivity index (χ2n) is 13.8. The third kappa shape index (κ3) is 5.02. The van der Waals surface area contributed by atoms with Gasteiger partial charge >= 0.3 is 0 Å². The highest BCUT2D eigenvalue weighted by Gasteiger charge is 2.35. The van der Waals surface area contributed by atoms with Crippen molar-refractivity contribution in [3.63, 3.8) is 0 Å². The van der Waals surface area contributed by atoms with E-state index in [1.165, 1.54) is 66.4 Å². The molecule has 1 aliphatic carbocycles. The molecule has 0 atom stereocenters. The Balaban J connectivity index is 1.10. The Morgan fingerprint density at radius 1 is 0.360 bits per heavy atom. The first-order valence-corrected chi connectivity index (χ1v) is 17.4. The van der Waals surface area contributed by atoms with Crippen LogP contribution in [0.15, 0.2) is 188 Å². The van der Waals surface area contributed by atoms with Gasteiger partial charge in [-0.25, -0.2) is 0 Å². The molecule has 1 nitrogen and oxygen atoms in total. The summed E-state index contributed by atoms with van der Waals surface area (Å²) in [5, 5.41) is 2.67. The lowest BCUT2D eigenvalue weighted by Gasteiger charge is -2.36. The fraction of sp³-hybridized carbons (Fsp3) is 0.0612. The third-order valence-corrected chi connectivity index (χ3v) is 10.5. The molecule has 8 aromatic rings. The molecule has 238 valence electrons. The molecule has 0 radical (unpaired) electrons. The van der Waals surface area contributed by atoms with Gasteiger partial charge in [0.2, 0.25) is 0 Å². The highest BCUT2D eigenvalue weighted by Crippen LogP contribution is 2.52. The summed E-state index contributed by atoms with van der Waals surface area (Å²) < 4.78 is 0. The number of para-hydroxylation sites is 2. The summed E-state index contributed by atoms with van der Waals surface area (Å²) in [6, 6.07) is 68.4. The Morgan fingerprint density at radius 2 is 0.860 bits per heavy atom. The van der Waals surface area contributed by atoms with E-state index in [1.54, 1.807) is 0 Å². The summed E-state index contributed by atoms with van der Waals surface area (Å²) in [6.45, 7) is 4.76. The van der Waals surface area contributed by atoms with Gasteiger partial charge in [0.25, 0.3) is 0 Å². The lowest BCUT2D eigenvalue weighted by Crippen LogP contribution is -2.24. The minimum absolute atomic E-state index is 0.127. The molecule has 0 heterocycles. The van der Waals surface area contributed by atoms with Crippen LogP contribution >= 0.6 is 0 Å². The summed E-state index contributed by atoms with van der Waals surface area (Å²) in [5.41, 5.74) is 16.1. The average molecular weight is 640 g/mol. The first-order valence-electron chi connectivity index (χ1n) is 17.4. The van der Waals surface area contributed by atoms with E-state index in [4.69, 9.17) is 0 Å². The fourth-order valence-corrected chi connectivity index (χ4v) is 7.90. The summed E-state index contributed by atoms with van der Waals surface area (Å²) in [6.07, 6.45) is 0. The van der Waals surface area contributed by atoms with Gasteiger partial charge in [-0.3, -0.25) is 0 Å². The van der Waals surface area contributed by atoms with Crippen LogP contribution in [-0.2, 0) is 5.41 Å². The number of hydrogen-bond donors (Lipinski definition) is 0. The van der Waals surface area contributed by atoms with Crippen molar-refractivity contribution in [3.8, 4) is 44.5 Å². The lowest BCUT2D eigenvalue weighted by molar-refractivity contribution is 0.645. The van der Waals surface area contributed by atoms with Crippen molar-refractivity contribution in [1.82, 2.24) is 0 Å². The molecule has 1 aliphatic rings. The van der Waals surface area contributed by atoms with Crippen LogP contribution in [0, 0.1) is 0 Å². The number of rotatable bonds is 6. The zero-order chi connectivity index (χ0) is 33.7. The Labute approximate surface area is 294 Å². The minimum atomic E-state index is -0.127. The minimum Gasteiger partial charge on any atom is -0.311 e. The highest BCUT2D eigenvalue weighted by atomic mass is 15.1. The first-order chi connectivity index (χ1) is 24.6. The van der Waals surface area contributed by atoms with Gasteiger partial charge in [-0.05, 0) is 109 Å². The van der Waals surface area contributed by atoms with Crippen LogP contribution in [0.5, 0.6) is 0 Å². The van der Waals surface area contributed by atoms with E-state index in [2.05, 4.69) is 207 Å². The van der Waals surface area contributed by atoms with Crippen molar-refractivity contribution in [2.45, 2.75) is 19.3 Å². The normalized spacial score (nSPS) is 12.8. The standard InChI is InChI=1S/C49H37N/c1-49(2)45-20-12-15-38-27-31-43(48(47(38)45)44-32-28-39(33-46(44)49)34-13-6-3-7-14-34)37-23-21-35(22-24-37)36-25-29-42(30-26-36)50(40-16-8-4-9-17-40)41-18-10-5-11-19-41/h3-33H,1-2H3. The van der Waals surface area contributed by atoms with Crippen LogP contribution < -0.4 is 4.90 Å². The lowest BCUT2D eigenvalue weighted by atomic mass is 9.67. The van der Waals surface area contributed by atoms with Gasteiger partial charge in [0.05, 0.1) is 0 Å². The molecule has 9 rings (SSSR count). The predicted molar refractivity (Wildman–Crippen MR) is 213 cm³/mol. The maximum Gasteiger partial charge on any atom is 0.0462 e. The Bertz CT molecular complexity index is 2420. The Hall–Kier alpha value is -6.18. The first kappa shape index (κ1) is 29.9. The largest absolute Gasteiger partial charge is 0.311 e. The van der Waals surface area contributed by atoms with E-state index in [0.29, 0.717) is 0 Å². The molecule has 0 unspecified atom stereocenters. The van der Waals surface area contributed by atoms with Gasteiger partial charge in [0, 0.05) is 22.5 Å². The molecule has 0 fully saturated rings. The van der Waals surface area contributed by atoms with E-state index < -0.39 is 0 Å². The van der Waals surface area contributed by atoms with Gasteiger partial charge in [-0.15, -0.1) is 0 Å².